The van der Waals surface area contributed by atoms with E-state index in [2.05, 4.69) is 27.3 Å². The van der Waals surface area contributed by atoms with E-state index >= 15 is 0 Å². The van der Waals surface area contributed by atoms with Crippen LogP contribution in [0.2, 0.25) is 0 Å². The van der Waals surface area contributed by atoms with Crippen molar-refractivity contribution < 1.29 is 13.9 Å². The molecule has 0 spiro atoms. The molecule has 0 radical (unpaired) electrons. The molecule has 1 amide bonds. The van der Waals surface area contributed by atoms with Gasteiger partial charge in [0, 0.05) is 49.8 Å². The van der Waals surface area contributed by atoms with Gasteiger partial charge in [-0.3, -0.25) is 14.7 Å². The van der Waals surface area contributed by atoms with E-state index in [0.717, 1.165) is 48.8 Å². The minimum atomic E-state index is -0.0679. The highest BCUT2D eigenvalue weighted by Gasteiger charge is 2.25. The third-order valence-electron chi connectivity index (χ3n) is 5.12. The summed E-state index contributed by atoms with van der Waals surface area (Å²) in [7, 11) is 0. The number of carbonyl (C=O) groups excluding carboxylic acids is 1. The van der Waals surface area contributed by atoms with Crippen LogP contribution in [0.15, 0.2) is 47.0 Å². The molecule has 6 heteroatoms. The van der Waals surface area contributed by atoms with E-state index in [4.69, 9.17) is 9.15 Å². The molecule has 1 N–H and O–H groups in total. The fourth-order valence-electron chi connectivity index (χ4n) is 3.71. The average molecular weight is 379 g/mol. The van der Waals surface area contributed by atoms with Gasteiger partial charge in [-0.15, -0.1) is 0 Å². The number of nitrogens with zero attached hydrogens (tertiary/aromatic N) is 2. The van der Waals surface area contributed by atoms with Crippen molar-refractivity contribution in [2.45, 2.75) is 39.5 Å². The van der Waals surface area contributed by atoms with Crippen molar-refractivity contribution in [3.8, 4) is 5.75 Å². The van der Waals surface area contributed by atoms with Gasteiger partial charge in [-0.25, -0.2) is 0 Å². The Labute approximate surface area is 164 Å². The number of hydrogen-bond donors (Lipinski definition) is 1. The van der Waals surface area contributed by atoms with Crippen molar-refractivity contribution in [2.24, 2.45) is 0 Å². The van der Waals surface area contributed by atoms with Crippen LogP contribution in [0, 0.1) is 6.92 Å². The number of fused-ring (bicyclic) bond motifs is 1. The van der Waals surface area contributed by atoms with Crippen LogP contribution in [0.4, 0.5) is 0 Å². The van der Waals surface area contributed by atoms with Crippen molar-refractivity contribution in [3.05, 3.63) is 59.6 Å². The molecule has 1 atom stereocenters. The summed E-state index contributed by atoms with van der Waals surface area (Å²) in [5, 5.41) is 3.96. The average Bonchev–Trinajstić information content (AvgIpc) is 3.25. The number of ether oxygens (including phenoxy) is 1. The van der Waals surface area contributed by atoms with Gasteiger partial charge in [0.15, 0.2) is 0 Å². The summed E-state index contributed by atoms with van der Waals surface area (Å²) in [6.07, 6.45) is 2.85. The number of benzene rings is 1. The molecule has 2 aromatic heterocycles. The lowest BCUT2D eigenvalue weighted by Crippen LogP contribution is -2.25. The van der Waals surface area contributed by atoms with E-state index in [9.17, 15) is 4.79 Å². The van der Waals surface area contributed by atoms with Gasteiger partial charge < -0.3 is 14.5 Å². The van der Waals surface area contributed by atoms with Crippen molar-refractivity contribution in [1.29, 1.82) is 0 Å². The van der Waals surface area contributed by atoms with Gasteiger partial charge in [-0.1, -0.05) is 18.2 Å². The molecule has 1 aromatic carbocycles. The second-order valence-electron chi connectivity index (χ2n) is 7.29. The topological polar surface area (TPSA) is 67.6 Å². The molecule has 28 heavy (non-hydrogen) atoms. The fraction of sp³-hybridized carbons (Fsp3) is 0.364. The molecule has 1 aliphatic heterocycles. The van der Waals surface area contributed by atoms with E-state index in [1.807, 2.05) is 31.2 Å². The van der Waals surface area contributed by atoms with Crippen LogP contribution in [-0.2, 0) is 17.9 Å². The fourth-order valence-corrected chi connectivity index (χ4v) is 3.71. The molecule has 0 saturated carbocycles. The molecule has 0 aliphatic carbocycles. The Kier molecular flexibility index (Phi) is 5.30. The van der Waals surface area contributed by atoms with Gasteiger partial charge in [0.05, 0.1) is 12.2 Å². The van der Waals surface area contributed by atoms with Gasteiger partial charge in [0.2, 0.25) is 5.91 Å². The van der Waals surface area contributed by atoms with Crippen LogP contribution >= 0.6 is 0 Å². The Hall–Kier alpha value is -2.86. The number of rotatable bonds is 6. The number of furan rings is 1. The first kappa shape index (κ1) is 18.5. The summed E-state index contributed by atoms with van der Waals surface area (Å²) < 4.78 is 12.1. The van der Waals surface area contributed by atoms with E-state index in [0.29, 0.717) is 6.54 Å². The lowest BCUT2D eigenvalue weighted by molar-refractivity contribution is -0.119. The largest absolute Gasteiger partial charge is 0.489 e. The van der Waals surface area contributed by atoms with E-state index in [-0.39, 0.29) is 12.0 Å². The van der Waals surface area contributed by atoms with Gasteiger partial charge in [-0.2, -0.15) is 0 Å². The maximum Gasteiger partial charge on any atom is 0.217 e. The molecule has 1 saturated heterocycles. The summed E-state index contributed by atoms with van der Waals surface area (Å²) in [5.41, 5.74) is 3.01. The predicted molar refractivity (Wildman–Crippen MR) is 107 cm³/mol. The smallest absolute Gasteiger partial charge is 0.217 e. The summed E-state index contributed by atoms with van der Waals surface area (Å²) in [6, 6.07) is 12.0. The maximum absolute atomic E-state index is 11.1. The number of hydrogen-bond acceptors (Lipinski definition) is 5. The number of pyridine rings is 1. The highest BCUT2D eigenvalue weighted by molar-refractivity contribution is 5.82. The van der Waals surface area contributed by atoms with Gasteiger partial charge >= 0.3 is 0 Å². The Morgan fingerprint density at radius 1 is 1.36 bits per heavy atom. The van der Waals surface area contributed by atoms with Crippen LogP contribution < -0.4 is 10.1 Å². The number of aryl methyl sites for hydroxylation is 1. The normalized spacial score (nSPS) is 17.1. The van der Waals surface area contributed by atoms with Gasteiger partial charge in [-0.05, 0) is 25.5 Å². The van der Waals surface area contributed by atoms with Crippen molar-refractivity contribution >= 4 is 16.9 Å². The summed E-state index contributed by atoms with van der Waals surface area (Å²) >= 11 is 0. The van der Waals surface area contributed by atoms with Crippen LogP contribution in [-0.4, -0.2) is 35.0 Å². The van der Waals surface area contributed by atoms with Gasteiger partial charge in [0.25, 0.3) is 0 Å². The molecule has 1 unspecified atom stereocenters. The van der Waals surface area contributed by atoms with Crippen LogP contribution in [0.5, 0.6) is 5.75 Å². The van der Waals surface area contributed by atoms with Crippen LogP contribution in [0.1, 0.15) is 30.4 Å². The second kappa shape index (κ2) is 8.02. The van der Waals surface area contributed by atoms with E-state index in [1.54, 1.807) is 6.20 Å². The molecule has 146 valence electrons. The molecule has 0 bridgehead atoms. The Bertz CT molecular complexity index is 982. The first-order valence-corrected chi connectivity index (χ1v) is 9.64. The van der Waals surface area contributed by atoms with Crippen molar-refractivity contribution in [3.63, 3.8) is 0 Å². The lowest BCUT2D eigenvalue weighted by Gasteiger charge is -2.17. The van der Waals surface area contributed by atoms with E-state index < -0.39 is 0 Å². The number of amides is 1. The number of carbonyl (C=O) groups is 1. The molecule has 1 fully saturated rings. The molecule has 4 rings (SSSR count). The molecule has 1 aliphatic rings. The predicted octanol–water partition coefficient (Wildman–Crippen LogP) is 3.43. The minimum absolute atomic E-state index is 0.0679. The Balaban J connectivity index is 1.37. The molecule has 6 nitrogen and oxygen atoms in total. The van der Waals surface area contributed by atoms with Crippen LogP contribution in [0.25, 0.3) is 11.0 Å². The molecular weight excluding hydrogens is 354 g/mol. The number of nitrogens with one attached hydrogen (secondary N) is 1. The highest BCUT2D eigenvalue weighted by Crippen LogP contribution is 2.28. The first-order chi connectivity index (χ1) is 13.6. The number of aromatic nitrogens is 1. The number of para-hydroxylation sites is 1. The molecule has 3 aromatic rings. The van der Waals surface area contributed by atoms with Gasteiger partial charge in [0.1, 0.15) is 23.2 Å². The standard InChI is InChI=1S/C22H25N3O3/c1-15-21(20-5-3-4-6-22(20)27-15)14-25-10-8-19(13-25)28-18-7-9-23-17(11-18)12-24-16(2)26/h3-7,9,11,19H,8,10,12-14H2,1-2H3,(H,24,26). The summed E-state index contributed by atoms with van der Waals surface area (Å²) in [6.45, 7) is 6.68. The third kappa shape index (κ3) is 4.17. The zero-order valence-electron chi connectivity index (χ0n) is 16.3. The van der Waals surface area contributed by atoms with Crippen molar-refractivity contribution in [1.82, 2.24) is 15.2 Å². The lowest BCUT2D eigenvalue weighted by atomic mass is 10.1. The number of likely N-dealkylation sites (tertiary alicyclic amines) is 1. The van der Waals surface area contributed by atoms with E-state index in [1.165, 1.54) is 17.9 Å². The minimum Gasteiger partial charge on any atom is -0.489 e. The summed E-state index contributed by atoms with van der Waals surface area (Å²) in [4.78, 5) is 17.8. The quantitative estimate of drug-likeness (QED) is 0.711. The Morgan fingerprint density at radius 3 is 3.07 bits per heavy atom. The van der Waals surface area contributed by atoms with Crippen LogP contribution in [0.3, 0.4) is 0 Å². The molecule has 3 heterocycles. The first-order valence-electron chi connectivity index (χ1n) is 9.64. The highest BCUT2D eigenvalue weighted by atomic mass is 16.5. The Morgan fingerprint density at radius 2 is 2.21 bits per heavy atom. The monoisotopic (exact) mass is 379 g/mol. The second-order valence-corrected chi connectivity index (χ2v) is 7.29. The molecular formula is C22H25N3O3. The zero-order chi connectivity index (χ0) is 19.5. The van der Waals surface area contributed by atoms with Crippen molar-refractivity contribution in [2.75, 3.05) is 13.1 Å². The SMILES string of the molecule is CC(=O)NCc1cc(OC2CCN(Cc3c(C)oc4ccccc34)C2)ccn1. The maximum atomic E-state index is 11.1. The third-order valence-corrected chi connectivity index (χ3v) is 5.12. The zero-order valence-corrected chi connectivity index (χ0v) is 16.3. The summed E-state index contributed by atoms with van der Waals surface area (Å²) in [5.74, 6) is 1.72.